The number of ketones is 1. The molecule has 2 aromatic rings. The molecule has 8 nitrogen and oxygen atoms in total. The van der Waals surface area contributed by atoms with Gasteiger partial charge in [0.25, 0.3) is 11.7 Å². The van der Waals surface area contributed by atoms with Gasteiger partial charge < -0.3 is 29.5 Å². The van der Waals surface area contributed by atoms with Crippen LogP contribution < -0.4 is 9.47 Å². The molecule has 0 saturated carbocycles. The number of ether oxygens (including phenoxy) is 2. The number of aromatic hydroxyl groups is 1. The fourth-order valence-electron chi connectivity index (χ4n) is 4.32. The van der Waals surface area contributed by atoms with Crippen molar-refractivity contribution in [1.82, 2.24) is 9.80 Å². The smallest absolute Gasteiger partial charge is 0.295 e. The van der Waals surface area contributed by atoms with Crippen molar-refractivity contribution in [3.8, 4) is 17.2 Å². The number of hydrogen-bond donors (Lipinski definition) is 2. The molecule has 0 aliphatic carbocycles. The van der Waals surface area contributed by atoms with Crippen LogP contribution in [0.1, 0.15) is 48.9 Å². The molecule has 1 heterocycles. The zero-order chi connectivity index (χ0) is 26.4. The molecule has 1 amide bonds. The number of amides is 1. The molecule has 0 radical (unpaired) electrons. The number of carbonyl (C=O) groups excluding carboxylic acids is 2. The van der Waals surface area contributed by atoms with Gasteiger partial charge in [-0.05, 0) is 81.9 Å². The van der Waals surface area contributed by atoms with Crippen molar-refractivity contribution in [2.24, 2.45) is 0 Å². The maximum Gasteiger partial charge on any atom is 0.295 e. The van der Waals surface area contributed by atoms with Crippen molar-refractivity contribution in [2.75, 3.05) is 40.9 Å². The van der Waals surface area contributed by atoms with Crippen LogP contribution in [0.5, 0.6) is 17.2 Å². The Morgan fingerprint density at radius 1 is 1.08 bits per heavy atom. The second-order valence-corrected chi connectivity index (χ2v) is 9.26. The molecule has 2 N–H and O–H groups in total. The van der Waals surface area contributed by atoms with Gasteiger partial charge >= 0.3 is 0 Å². The number of nitrogens with zero attached hydrogens (tertiary/aromatic N) is 2. The Bertz CT molecular complexity index is 1140. The van der Waals surface area contributed by atoms with Gasteiger partial charge in [0.1, 0.15) is 11.5 Å². The monoisotopic (exact) mass is 496 g/mol. The van der Waals surface area contributed by atoms with E-state index in [1.807, 2.05) is 25.9 Å². The van der Waals surface area contributed by atoms with Crippen LogP contribution in [0.25, 0.3) is 5.76 Å². The van der Waals surface area contributed by atoms with Crippen LogP contribution in [0.15, 0.2) is 42.0 Å². The van der Waals surface area contributed by atoms with E-state index >= 15 is 0 Å². The Morgan fingerprint density at radius 2 is 1.83 bits per heavy atom. The van der Waals surface area contributed by atoms with E-state index in [-0.39, 0.29) is 22.8 Å². The maximum absolute atomic E-state index is 13.2. The molecule has 0 unspecified atom stereocenters. The first-order valence-electron chi connectivity index (χ1n) is 12.2. The highest BCUT2D eigenvalue weighted by Gasteiger charge is 2.46. The van der Waals surface area contributed by atoms with Gasteiger partial charge in [-0.1, -0.05) is 19.4 Å². The molecule has 0 bridgehead atoms. The summed E-state index contributed by atoms with van der Waals surface area (Å²) in [6.07, 6.45) is 2.61. The second kappa shape index (κ2) is 11.9. The molecular formula is C28H36N2O6. The summed E-state index contributed by atoms with van der Waals surface area (Å²) in [6.45, 7) is 5.63. The first-order chi connectivity index (χ1) is 17.2. The van der Waals surface area contributed by atoms with Crippen molar-refractivity contribution < 1.29 is 29.3 Å². The van der Waals surface area contributed by atoms with E-state index in [2.05, 4.69) is 6.92 Å². The van der Waals surface area contributed by atoms with Gasteiger partial charge in [-0.25, -0.2) is 0 Å². The molecule has 36 heavy (non-hydrogen) atoms. The molecule has 2 aromatic carbocycles. The molecule has 0 spiro atoms. The van der Waals surface area contributed by atoms with Gasteiger partial charge in [0, 0.05) is 12.1 Å². The highest BCUT2D eigenvalue weighted by molar-refractivity contribution is 6.46. The van der Waals surface area contributed by atoms with Crippen molar-refractivity contribution in [3.63, 3.8) is 0 Å². The van der Waals surface area contributed by atoms with Gasteiger partial charge in [-0.3, -0.25) is 9.59 Å². The largest absolute Gasteiger partial charge is 0.507 e. The predicted octanol–water partition coefficient (Wildman–Crippen LogP) is 4.26. The molecule has 194 valence electrons. The SMILES string of the molecule is CCCCOc1ccc(C(O)=C2C(=O)C(=O)N(CCCN(C)C)[C@@H]2c2ccc(O)c(OC)c2)cc1C. The molecular weight excluding hydrogens is 460 g/mol. The number of aryl methyl sites for hydroxylation is 1. The van der Waals surface area contributed by atoms with E-state index in [0.717, 1.165) is 24.9 Å². The number of aliphatic hydroxyl groups is 1. The van der Waals surface area contributed by atoms with Crippen LogP contribution in [-0.2, 0) is 9.59 Å². The summed E-state index contributed by atoms with van der Waals surface area (Å²) in [7, 11) is 5.31. The molecule has 1 aliphatic rings. The summed E-state index contributed by atoms with van der Waals surface area (Å²) in [5.74, 6) is -0.775. The quantitative estimate of drug-likeness (QED) is 0.208. The lowest BCUT2D eigenvalue weighted by atomic mass is 9.94. The number of carbonyl (C=O) groups is 2. The van der Waals surface area contributed by atoms with Crippen LogP contribution in [0.2, 0.25) is 0 Å². The average molecular weight is 497 g/mol. The predicted molar refractivity (Wildman–Crippen MR) is 138 cm³/mol. The number of phenols is 1. The van der Waals surface area contributed by atoms with Crippen LogP contribution in [0.4, 0.5) is 0 Å². The van der Waals surface area contributed by atoms with Gasteiger partial charge in [-0.2, -0.15) is 0 Å². The zero-order valence-corrected chi connectivity index (χ0v) is 21.7. The molecule has 1 aliphatic heterocycles. The summed E-state index contributed by atoms with van der Waals surface area (Å²) in [4.78, 5) is 29.8. The number of likely N-dealkylation sites (tertiary alicyclic amines) is 1. The highest BCUT2D eigenvalue weighted by Crippen LogP contribution is 2.42. The Morgan fingerprint density at radius 3 is 2.47 bits per heavy atom. The number of Topliss-reactive ketones (excluding diaryl/α,β-unsaturated/α-hetero) is 1. The summed E-state index contributed by atoms with van der Waals surface area (Å²) < 4.78 is 11.1. The Kier molecular flexibility index (Phi) is 8.98. The highest BCUT2D eigenvalue weighted by atomic mass is 16.5. The minimum absolute atomic E-state index is 0.0108. The number of unbranched alkanes of at least 4 members (excludes halogenated alkanes) is 1. The second-order valence-electron chi connectivity index (χ2n) is 9.26. The van der Waals surface area contributed by atoms with Crippen molar-refractivity contribution in [1.29, 1.82) is 0 Å². The number of methoxy groups -OCH3 is 1. The van der Waals surface area contributed by atoms with Crippen molar-refractivity contribution >= 4 is 17.4 Å². The number of rotatable bonds is 11. The van der Waals surface area contributed by atoms with Crippen LogP contribution in [0.3, 0.4) is 0 Å². The standard InChI is InChI=1S/C28H36N2O6/c1-6-7-15-36-22-12-10-20(16-18(22)2)26(32)24-25(19-9-11-21(31)23(17-19)35-5)30(28(34)27(24)33)14-8-13-29(3)4/h9-12,16-17,25,31-32H,6-8,13-15H2,1-5H3/t25-/m1/s1. The Hall–Kier alpha value is -3.52. The molecule has 1 fully saturated rings. The van der Waals surface area contributed by atoms with E-state index < -0.39 is 17.7 Å². The first kappa shape index (κ1) is 27.1. The lowest BCUT2D eigenvalue weighted by Crippen LogP contribution is -2.32. The third kappa shape index (κ3) is 5.82. The van der Waals surface area contributed by atoms with Crippen LogP contribution in [0, 0.1) is 6.92 Å². The lowest BCUT2D eigenvalue weighted by molar-refractivity contribution is -0.139. The third-order valence-electron chi connectivity index (χ3n) is 6.27. The Balaban J connectivity index is 2.07. The topological polar surface area (TPSA) is 99.5 Å². The van der Waals surface area contributed by atoms with E-state index in [9.17, 15) is 19.8 Å². The van der Waals surface area contributed by atoms with E-state index in [1.54, 1.807) is 30.3 Å². The van der Waals surface area contributed by atoms with Gasteiger partial charge in [0.05, 0.1) is 25.3 Å². The molecule has 1 atom stereocenters. The molecule has 1 saturated heterocycles. The normalized spacial score (nSPS) is 17.2. The molecule has 0 aromatic heterocycles. The zero-order valence-electron chi connectivity index (χ0n) is 21.7. The number of phenolic OH excluding ortho intramolecular Hbond substituents is 1. The van der Waals surface area contributed by atoms with Crippen LogP contribution >= 0.6 is 0 Å². The minimum Gasteiger partial charge on any atom is -0.507 e. The van der Waals surface area contributed by atoms with Crippen molar-refractivity contribution in [2.45, 2.75) is 39.2 Å². The summed E-state index contributed by atoms with van der Waals surface area (Å²) in [6, 6.07) is 9.08. The van der Waals surface area contributed by atoms with Gasteiger partial charge in [0.15, 0.2) is 11.5 Å². The number of aliphatic hydroxyl groups excluding tert-OH is 1. The molecule has 3 rings (SSSR count). The van der Waals surface area contributed by atoms with Crippen LogP contribution in [-0.4, -0.2) is 72.6 Å². The summed E-state index contributed by atoms with van der Waals surface area (Å²) in [5, 5.41) is 21.4. The fraction of sp³-hybridized carbons (Fsp3) is 0.429. The lowest BCUT2D eigenvalue weighted by Gasteiger charge is -2.26. The fourth-order valence-corrected chi connectivity index (χ4v) is 4.32. The maximum atomic E-state index is 13.2. The van der Waals surface area contributed by atoms with E-state index in [1.165, 1.54) is 18.1 Å². The number of hydrogen-bond acceptors (Lipinski definition) is 7. The van der Waals surface area contributed by atoms with E-state index in [4.69, 9.17) is 9.47 Å². The summed E-state index contributed by atoms with van der Waals surface area (Å²) in [5.41, 5.74) is 1.82. The molecule has 8 heteroatoms. The first-order valence-corrected chi connectivity index (χ1v) is 12.2. The van der Waals surface area contributed by atoms with E-state index in [0.29, 0.717) is 36.4 Å². The summed E-state index contributed by atoms with van der Waals surface area (Å²) >= 11 is 0. The van der Waals surface area contributed by atoms with Gasteiger partial charge in [0.2, 0.25) is 0 Å². The Labute approximate surface area is 212 Å². The number of benzene rings is 2. The van der Waals surface area contributed by atoms with Gasteiger partial charge in [-0.15, -0.1) is 0 Å². The third-order valence-corrected chi connectivity index (χ3v) is 6.27. The van der Waals surface area contributed by atoms with Crippen molar-refractivity contribution in [3.05, 3.63) is 58.7 Å². The average Bonchev–Trinajstić information content (AvgIpc) is 3.10. The minimum atomic E-state index is -0.817.